The predicted octanol–water partition coefficient (Wildman–Crippen LogP) is 2.06. The molecule has 0 atom stereocenters. The zero-order valence-corrected chi connectivity index (χ0v) is 14.7. The van der Waals surface area contributed by atoms with E-state index in [0.29, 0.717) is 0 Å². The number of rotatable bonds is 5. The Bertz CT molecular complexity index is 946. The Balaban J connectivity index is 2.49. The minimum atomic E-state index is -4.48. The van der Waals surface area contributed by atoms with Gasteiger partial charge in [-0.25, -0.2) is 16.8 Å². The van der Waals surface area contributed by atoms with Crippen molar-refractivity contribution >= 4 is 43.2 Å². The van der Waals surface area contributed by atoms with Crippen LogP contribution in [0.15, 0.2) is 46.5 Å². The van der Waals surface area contributed by atoms with E-state index in [0.717, 1.165) is 12.3 Å². The maximum Gasteiger partial charge on any atom is 0.259 e. The Labute approximate surface area is 143 Å². The quantitative estimate of drug-likeness (QED) is 0.829. The molecule has 0 aliphatic rings. The lowest BCUT2D eigenvalue weighted by atomic mass is 10.4. The third-order valence-corrected chi connectivity index (χ3v) is 6.89. The van der Waals surface area contributed by atoms with Crippen LogP contribution in [0.5, 0.6) is 5.75 Å². The maximum absolute atomic E-state index is 12.3. The summed E-state index contributed by atoms with van der Waals surface area (Å²) in [4.78, 5) is 2.77. The number of nitrogens with zero attached hydrogens (tertiary/aromatic N) is 1. The lowest BCUT2D eigenvalue weighted by Gasteiger charge is -2.11. The summed E-state index contributed by atoms with van der Waals surface area (Å²) in [6, 6.07) is 4.95. The van der Waals surface area contributed by atoms with Crippen LogP contribution in [0.25, 0.3) is 0 Å². The molecule has 0 aliphatic heterocycles. The summed E-state index contributed by atoms with van der Waals surface area (Å²) < 4.78 is 55.7. The number of nitrogens with one attached hydrogen (secondary N) is 1. The van der Waals surface area contributed by atoms with Gasteiger partial charge in [0.25, 0.3) is 20.0 Å². The van der Waals surface area contributed by atoms with Crippen molar-refractivity contribution in [1.82, 2.24) is 9.11 Å². The van der Waals surface area contributed by atoms with Gasteiger partial charge >= 0.3 is 0 Å². The summed E-state index contributed by atoms with van der Waals surface area (Å²) in [5.74, 6) is -0.0557. The first kappa shape index (κ1) is 18.0. The average molecular weight is 397 g/mol. The summed E-state index contributed by atoms with van der Waals surface area (Å²) in [6.45, 7) is 0. The summed E-state index contributed by atoms with van der Waals surface area (Å²) >= 11 is 11.5. The van der Waals surface area contributed by atoms with Crippen molar-refractivity contribution in [3.05, 3.63) is 46.7 Å². The van der Waals surface area contributed by atoms with Crippen molar-refractivity contribution in [2.45, 2.75) is 9.79 Å². The molecule has 0 saturated heterocycles. The normalized spacial score (nSPS) is 12.1. The lowest BCUT2D eigenvalue weighted by Crippen LogP contribution is -2.31. The van der Waals surface area contributed by atoms with Crippen molar-refractivity contribution in [1.29, 1.82) is 0 Å². The van der Waals surface area contributed by atoms with Crippen LogP contribution in [0.1, 0.15) is 0 Å². The molecular weight excluding hydrogens is 387 g/mol. The minimum absolute atomic E-state index is 0.0557. The van der Waals surface area contributed by atoms with Gasteiger partial charge in [0.1, 0.15) is 15.5 Å². The van der Waals surface area contributed by atoms with E-state index in [4.69, 9.17) is 27.9 Å². The van der Waals surface area contributed by atoms with Gasteiger partial charge in [-0.15, -0.1) is 4.13 Å². The molecule has 1 aromatic carbocycles. The van der Waals surface area contributed by atoms with E-state index in [1.165, 1.54) is 31.5 Å². The van der Waals surface area contributed by atoms with Gasteiger partial charge in [-0.3, -0.25) is 4.98 Å². The molecule has 2 rings (SSSR count). The Hall–Kier alpha value is -1.39. The maximum atomic E-state index is 12.3. The van der Waals surface area contributed by atoms with Crippen molar-refractivity contribution in [2.24, 2.45) is 0 Å². The van der Waals surface area contributed by atoms with Crippen LogP contribution in [0.2, 0.25) is 10.0 Å². The van der Waals surface area contributed by atoms with E-state index in [1.807, 2.05) is 0 Å². The van der Waals surface area contributed by atoms with Gasteiger partial charge in [0.2, 0.25) is 0 Å². The molecule has 11 heteroatoms. The average Bonchev–Trinajstić information content (AvgIpc) is 2.48. The van der Waals surface area contributed by atoms with Crippen LogP contribution in [0.4, 0.5) is 0 Å². The molecule has 1 aromatic heterocycles. The van der Waals surface area contributed by atoms with Crippen molar-refractivity contribution in [3.63, 3.8) is 0 Å². The number of sulfonamides is 2. The summed E-state index contributed by atoms with van der Waals surface area (Å²) in [5, 5.41) is -0.0821. The molecule has 2 aromatic rings. The highest BCUT2D eigenvalue weighted by molar-refractivity contribution is 8.04. The zero-order chi connectivity index (χ0) is 17.3. The number of hydrogen-bond acceptors (Lipinski definition) is 6. The number of aromatic nitrogens is 1. The second-order valence-electron chi connectivity index (χ2n) is 4.19. The van der Waals surface area contributed by atoms with Crippen LogP contribution in [0.3, 0.4) is 0 Å². The monoisotopic (exact) mass is 396 g/mol. The Kier molecular flexibility index (Phi) is 5.17. The highest BCUT2D eigenvalue weighted by atomic mass is 35.5. The third kappa shape index (κ3) is 3.93. The number of benzene rings is 1. The minimum Gasteiger partial charge on any atom is -0.495 e. The number of ether oxygens (including phenoxy) is 1. The standard InChI is InChI=1S/C12H10Cl2N2O5S2/c1-21-10-4-5-15-7-12(10)23(19,20)16-22(17,18)11-6-8(13)2-3-9(11)14/h2-7,16H,1H3. The summed E-state index contributed by atoms with van der Waals surface area (Å²) in [7, 11) is -7.70. The van der Waals surface area contributed by atoms with Crippen LogP contribution >= 0.6 is 23.2 Å². The molecule has 0 saturated carbocycles. The van der Waals surface area contributed by atoms with E-state index in [2.05, 4.69) is 4.98 Å². The molecule has 0 unspecified atom stereocenters. The predicted molar refractivity (Wildman–Crippen MR) is 84.8 cm³/mol. The molecule has 1 N–H and O–H groups in total. The van der Waals surface area contributed by atoms with Crippen molar-refractivity contribution in [2.75, 3.05) is 7.11 Å². The number of methoxy groups -OCH3 is 1. The molecule has 0 spiro atoms. The van der Waals surface area contributed by atoms with Gasteiger partial charge < -0.3 is 4.74 Å². The molecule has 1 heterocycles. The number of halogens is 2. The van der Waals surface area contributed by atoms with Crippen LogP contribution in [-0.4, -0.2) is 28.9 Å². The highest BCUT2D eigenvalue weighted by Crippen LogP contribution is 2.27. The molecule has 124 valence electrons. The van der Waals surface area contributed by atoms with E-state index >= 15 is 0 Å². The Morgan fingerprint density at radius 3 is 2.35 bits per heavy atom. The fourth-order valence-corrected chi connectivity index (χ4v) is 5.41. The van der Waals surface area contributed by atoms with E-state index < -0.39 is 29.8 Å². The first-order chi connectivity index (χ1) is 10.7. The smallest absolute Gasteiger partial charge is 0.259 e. The first-order valence-electron chi connectivity index (χ1n) is 5.89. The Morgan fingerprint density at radius 1 is 1.04 bits per heavy atom. The van der Waals surface area contributed by atoms with Crippen molar-refractivity contribution in [3.8, 4) is 5.75 Å². The van der Waals surface area contributed by atoms with Gasteiger partial charge in [0.15, 0.2) is 0 Å². The molecule has 0 bridgehead atoms. The first-order valence-corrected chi connectivity index (χ1v) is 9.61. The summed E-state index contributed by atoms with van der Waals surface area (Å²) in [6.07, 6.45) is 2.27. The van der Waals surface area contributed by atoms with Gasteiger partial charge in [0, 0.05) is 11.2 Å². The second-order valence-corrected chi connectivity index (χ2v) is 8.60. The Morgan fingerprint density at radius 2 is 1.70 bits per heavy atom. The van der Waals surface area contributed by atoms with Gasteiger partial charge in [-0.05, 0) is 24.3 Å². The van der Waals surface area contributed by atoms with Crippen LogP contribution in [-0.2, 0) is 20.0 Å². The zero-order valence-electron chi connectivity index (χ0n) is 11.5. The number of hydrogen-bond donors (Lipinski definition) is 1. The molecule has 0 amide bonds. The van der Waals surface area contributed by atoms with E-state index in [1.54, 1.807) is 4.13 Å². The molecule has 0 aliphatic carbocycles. The van der Waals surface area contributed by atoms with Crippen LogP contribution in [0, 0.1) is 0 Å². The SMILES string of the molecule is COc1ccncc1S(=O)(=O)NS(=O)(=O)c1cc(Cl)ccc1Cl. The van der Waals surface area contributed by atoms with Crippen LogP contribution < -0.4 is 8.86 Å². The largest absolute Gasteiger partial charge is 0.495 e. The fourth-order valence-electron chi connectivity index (χ4n) is 1.66. The van der Waals surface area contributed by atoms with Gasteiger partial charge in [0.05, 0.1) is 18.3 Å². The third-order valence-electron chi connectivity index (χ3n) is 2.66. The molecule has 7 nitrogen and oxygen atoms in total. The van der Waals surface area contributed by atoms with E-state index in [9.17, 15) is 16.8 Å². The molecule has 0 fully saturated rings. The second kappa shape index (κ2) is 6.62. The highest BCUT2D eigenvalue weighted by Gasteiger charge is 2.29. The topological polar surface area (TPSA) is 102 Å². The van der Waals surface area contributed by atoms with E-state index in [-0.39, 0.29) is 15.8 Å². The molecule has 23 heavy (non-hydrogen) atoms. The fraction of sp³-hybridized carbons (Fsp3) is 0.0833. The lowest BCUT2D eigenvalue weighted by molar-refractivity contribution is 0.401. The van der Waals surface area contributed by atoms with Crippen molar-refractivity contribution < 1.29 is 21.6 Å². The molecular formula is C12H10Cl2N2O5S2. The van der Waals surface area contributed by atoms with Gasteiger partial charge in [-0.2, -0.15) is 0 Å². The summed E-state index contributed by atoms with van der Waals surface area (Å²) in [5.41, 5.74) is 0. The number of pyridine rings is 1. The van der Waals surface area contributed by atoms with Gasteiger partial charge in [-0.1, -0.05) is 23.2 Å². The molecule has 0 radical (unpaired) electrons.